The molecule has 1 atom stereocenters. The molecule has 0 amide bonds. The van der Waals surface area contributed by atoms with Crippen molar-refractivity contribution in [3.05, 3.63) is 34.6 Å². The molecule has 0 saturated carbocycles. The first-order valence-corrected chi connectivity index (χ1v) is 5.95. The summed E-state index contributed by atoms with van der Waals surface area (Å²) >= 11 is 5.91. The lowest BCUT2D eigenvalue weighted by molar-refractivity contribution is -0.128. The van der Waals surface area contributed by atoms with Gasteiger partial charge in [-0.25, -0.2) is 4.39 Å². The molecule has 0 saturated heterocycles. The number of halogens is 2. The predicted octanol–water partition coefficient (Wildman–Crippen LogP) is 3.41. The van der Waals surface area contributed by atoms with Gasteiger partial charge >= 0.3 is 0 Å². The van der Waals surface area contributed by atoms with Gasteiger partial charge in [-0.1, -0.05) is 24.9 Å². The van der Waals surface area contributed by atoms with Crippen molar-refractivity contribution in [2.24, 2.45) is 0 Å². The standard InChI is InChI=1S/C13H16ClFO2/c1-3-4-13(17-2)12(16)8-9-7-10(15)5-6-11(9)14/h5-7,13H,3-4,8H2,1-2H3. The second-order valence-corrected chi connectivity index (χ2v) is 4.30. The van der Waals surface area contributed by atoms with Crippen molar-refractivity contribution in [3.8, 4) is 0 Å². The van der Waals surface area contributed by atoms with Crippen LogP contribution in [-0.2, 0) is 16.0 Å². The molecule has 0 fully saturated rings. The zero-order chi connectivity index (χ0) is 12.8. The molecule has 0 bridgehead atoms. The molecule has 0 aliphatic carbocycles. The Morgan fingerprint density at radius 2 is 2.24 bits per heavy atom. The van der Waals surface area contributed by atoms with E-state index in [0.717, 1.165) is 6.42 Å². The first-order valence-electron chi connectivity index (χ1n) is 5.58. The molecule has 1 unspecified atom stereocenters. The number of rotatable bonds is 6. The van der Waals surface area contributed by atoms with Crippen LogP contribution >= 0.6 is 11.6 Å². The molecule has 0 spiro atoms. The third-order valence-electron chi connectivity index (χ3n) is 2.57. The highest BCUT2D eigenvalue weighted by atomic mass is 35.5. The van der Waals surface area contributed by atoms with Crippen molar-refractivity contribution in [3.63, 3.8) is 0 Å². The van der Waals surface area contributed by atoms with Gasteiger partial charge in [0.05, 0.1) is 0 Å². The normalized spacial score (nSPS) is 12.5. The van der Waals surface area contributed by atoms with Gasteiger partial charge in [-0.2, -0.15) is 0 Å². The summed E-state index contributed by atoms with van der Waals surface area (Å²) in [4.78, 5) is 11.9. The number of carbonyl (C=O) groups excluding carboxylic acids is 1. The van der Waals surface area contributed by atoms with Crippen molar-refractivity contribution in [1.29, 1.82) is 0 Å². The molecular weight excluding hydrogens is 243 g/mol. The van der Waals surface area contributed by atoms with Crippen molar-refractivity contribution >= 4 is 17.4 Å². The number of ketones is 1. The number of carbonyl (C=O) groups is 1. The summed E-state index contributed by atoms with van der Waals surface area (Å²) in [6.07, 6.45) is 1.21. The van der Waals surface area contributed by atoms with Gasteiger partial charge in [-0.15, -0.1) is 0 Å². The summed E-state index contributed by atoms with van der Waals surface area (Å²) in [5.41, 5.74) is 0.509. The van der Waals surface area contributed by atoms with Crippen LogP contribution in [0.25, 0.3) is 0 Å². The second-order valence-electron chi connectivity index (χ2n) is 3.89. The summed E-state index contributed by atoms with van der Waals surface area (Å²) in [7, 11) is 1.51. The third kappa shape index (κ3) is 4.10. The van der Waals surface area contributed by atoms with E-state index in [2.05, 4.69) is 0 Å². The van der Waals surface area contributed by atoms with E-state index in [9.17, 15) is 9.18 Å². The fraction of sp³-hybridized carbons (Fsp3) is 0.462. The molecule has 0 aliphatic rings. The summed E-state index contributed by atoms with van der Waals surface area (Å²) in [6, 6.07) is 4.02. The average molecular weight is 259 g/mol. The van der Waals surface area contributed by atoms with Crippen LogP contribution < -0.4 is 0 Å². The minimum Gasteiger partial charge on any atom is -0.374 e. The van der Waals surface area contributed by atoms with Crippen LogP contribution in [-0.4, -0.2) is 19.0 Å². The highest BCUT2D eigenvalue weighted by molar-refractivity contribution is 6.31. The molecule has 1 rings (SSSR count). The number of Topliss-reactive ketones (excluding diaryl/α,β-unsaturated/α-hetero) is 1. The topological polar surface area (TPSA) is 26.3 Å². The SMILES string of the molecule is CCCC(OC)C(=O)Cc1cc(F)ccc1Cl. The molecule has 4 heteroatoms. The minimum absolute atomic E-state index is 0.0677. The lowest BCUT2D eigenvalue weighted by Gasteiger charge is -2.13. The molecule has 17 heavy (non-hydrogen) atoms. The van der Waals surface area contributed by atoms with Gasteiger partial charge in [0.1, 0.15) is 11.9 Å². The predicted molar refractivity (Wildman–Crippen MR) is 65.8 cm³/mol. The smallest absolute Gasteiger partial charge is 0.165 e. The minimum atomic E-state index is -0.431. The average Bonchev–Trinajstić information content (AvgIpc) is 2.30. The van der Waals surface area contributed by atoms with E-state index < -0.39 is 6.10 Å². The lowest BCUT2D eigenvalue weighted by Crippen LogP contribution is -2.24. The Labute approximate surface area is 106 Å². The summed E-state index contributed by atoms with van der Waals surface area (Å²) in [5, 5.41) is 0.408. The van der Waals surface area contributed by atoms with E-state index in [0.29, 0.717) is 17.0 Å². The van der Waals surface area contributed by atoms with Crippen LogP contribution in [0, 0.1) is 5.82 Å². The molecule has 0 N–H and O–H groups in total. The highest BCUT2D eigenvalue weighted by Gasteiger charge is 2.18. The maximum atomic E-state index is 13.0. The molecule has 1 aromatic rings. The van der Waals surface area contributed by atoms with Gasteiger partial charge in [-0.3, -0.25) is 4.79 Å². The van der Waals surface area contributed by atoms with E-state index in [1.165, 1.54) is 25.3 Å². The lowest BCUT2D eigenvalue weighted by atomic mass is 10.0. The molecular formula is C13H16ClFO2. The Hall–Kier alpha value is -0.930. The quantitative estimate of drug-likeness (QED) is 0.782. The third-order valence-corrected chi connectivity index (χ3v) is 2.94. The maximum absolute atomic E-state index is 13.0. The fourth-order valence-electron chi connectivity index (χ4n) is 1.65. The zero-order valence-electron chi connectivity index (χ0n) is 10.0. The van der Waals surface area contributed by atoms with Crippen LogP contribution in [0.5, 0.6) is 0 Å². The summed E-state index contributed by atoms with van der Waals surface area (Å²) < 4.78 is 18.1. The number of ether oxygens (including phenoxy) is 1. The molecule has 0 radical (unpaired) electrons. The van der Waals surface area contributed by atoms with Gasteiger partial charge in [0.2, 0.25) is 0 Å². The molecule has 0 aliphatic heterocycles. The van der Waals surface area contributed by atoms with Gasteiger partial charge < -0.3 is 4.74 Å². The van der Waals surface area contributed by atoms with Crippen molar-refractivity contribution in [2.75, 3.05) is 7.11 Å². The van der Waals surface area contributed by atoms with Gasteiger partial charge in [0, 0.05) is 18.6 Å². The maximum Gasteiger partial charge on any atom is 0.165 e. The number of benzene rings is 1. The van der Waals surface area contributed by atoms with Crippen LogP contribution in [0.2, 0.25) is 5.02 Å². The van der Waals surface area contributed by atoms with Gasteiger partial charge in [0.25, 0.3) is 0 Å². The summed E-state index contributed by atoms with van der Waals surface area (Å²) in [6.45, 7) is 1.98. The molecule has 94 valence electrons. The van der Waals surface area contributed by atoms with Crippen molar-refractivity contribution in [2.45, 2.75) is 32.3 Å². The molecule has 2 nitrogen and oxygen atoms in total. The van der Waals surface area contributed by atoms with Crippen LogP contribution in [0.4, 0.5) is 4.39 Å². The monoisotopic (exact) mass is 258 g/mol. The Bertz CT molecular complexity index is 393. The highest BCUT2D eigenvalue weighted by Crippen LogP contribution is 2.19. The van der Waals surface area contributed by atoms with Crippen molar-refractivity contribution in [1.82, 2.24) is 0 Å². The van der Waals surface area contributed by atoms with E-state index in [1.807, 2.05) is 6.92 Å². The van der Waals surface area contributed by atoms with E-state index in [1.54, 1.807) is 0 Å². The van der Waals surface area contributed by atoms with Crippen LogP contribution in [0.1, 0.15) is 25.3 Å². The van der Waals surface area contributed by atoms with E-state index >= 15 is 0 Å². The first kappa shape index (κ1) is 14.1. The molecule has 0 aromatic heterocycles. The number of hydrogen-bond acceptors (Lipinski definition) is 2. The first-order chi connectivity index (χ1) is 8.08. The van der Waals surface area contributed by atoms with Gasteiger partial charge in [-0.05, 0) is 30.2 Å². The Kier molecular flexibility index (Phi) is 5.59. The van der Waals surface area contributed by atoms with E-state index in [4.69, 9.17) is 16.3 Å². The van der Waals surface area contributed by atoms with Crippen LogP contribution in [0.15, 0.2) is 18.2 Å². The molecule has 0 heterocycles. The Balaban J connectivity index is 2.76. The largest absolute Gasteiger partial charge is 0.374 e. The zero-order valence-corrected chi connectivity index (χ0v) is 10.8. The van der Waals surface area contributed by atoms with Gasteiger partial charge in [0.15, 0.2) is 5.78 Å². The van der Waals surface area contributed by atoms with Crippen LogP contribution in [0.3, 0.4) is 0 Å². The Morgan fingerprint density at radius 1 is 1.53 bits per heavy atom. The summed E-state index contributed by atoms with van der Waals surface area (Å²) in [5.74, 6) is -0.455. The van der Waals surface area contributed by atoms with E-state index in [-0.39, 0.29) is 18.0 Å². The number of hydrogen-bond donors (Lipinski definition) is 0. The van der Waals surface area contributed by atoms with Crippen molar-refractivity contribution < 1.29 is 13.9 Å². The number of methoxy groups -OCH3 is 1. The Morgan fingerprint density at radius 3 is 2.82 bits per heavy atom. The molecule has 1 aromatic carbocycles. The second kappa shape index (κ2) is 6.72. The fourth-order valence-corrected chi connectivity index (χ4v) is 1.84.